The number of carbonyl (C=O) groups excluding carboxylic acids is 1. The van der Waals surface area contributed by atoms with Gasteiger partial charge in [0.25, 0.3) is 0 Å². The van der Waals surface area contributed by atoms with Crippen molar-refractivity contribution >= 4 is 40.6 Å². The summed E-state index contributed by atoms with van der Waals surface area (Å²) in [5.41, 5.74) is 0.432. The maximum atomic E-state index is 12.2. The van der Waals surface area contributed by atoms with E-state index in [1.807, 2.05) is 0 Å². The minimum atomic E-state index is -0.241. The van der Waals surface area contributed by atoms with Crippen LogP contribution in [0.3, 0.4) is 0 Å². The van der Waals surface area contributed by atoms with Crippen molar-refractivity contribution in [2.75, 3.05) is 13.7 Å². The Labute approximate surface area is 137 Å². The molecule has 0 spiro atoms. The van der Waals surface area contributed by atoms with Crippen molar-refractivity contribution < 1.29 is 14.3 Å². The van der Waals surface area contributed by atoms with Gasteiger partial charge in [0.1, 0.15) is 5.75 Å². The summed E-state index contributed by atoms with van der Waals surface area (Å²) in [7, 11) is 1.50. The molecular formula is C15H11Cl3O3. The molecule has 0 saturated heterocycles. The summed E-state index contributed by atoms with van der Waals surface area (Å²) in [5.74, 6) is 0.472. The second-order valence-electron chi connectivity index (χ2n) is 4.11. The molecule has 0 fully saturated rings. The number of benzene rings is 2. The molecule has 0 saturated carbocycles. The summed E-state index contributed by atoms with van der Waals surface area (Å²) in [6.45, 7) is -0.207. The summed E-state index contributed by atoms with van der Waals surface area (Å²) in [4.78, 5) is 12.2. The Balaban J connectivity index is 2.15. The van der Waals surface area contributed by atoms with E-state index in [9.17, 15) is 4.79 Å². The predicted molar refractivity (Wildman–Crippen MR) is 84.3 cm³/mol. The topological polar surface area (TPSA) is 35.5 Å². The first kappa shape index (κ1) is 16.0. The van der Waals surface area contributed by atoms with E-state index in [0.717, 1.165) is 0 Å². The van der Waals surface area contributed by atoms with Gasteiger partial charge in [0.15, 0.2) is 12.4 Å². The van der Waals surface area contributed by atoms with E-state index in [2.05, 4.69) is 0 Å². The molecule has 0 radical (unpaired) electrons. The van der Waals surface area contributed by atoms with Crippen LogP contribution in [-0.2, 0) is 0 Å². The SMILES string of the molecule is COc1ccccc1C(=O)COc1c(Cl)cc(Cl)cc1Cl. The van der Waals surface area contributed by atoms with Crippen molar-refractivity contribution in [2.45, 2.75) is 0 Å². The second-order valence-corrected chi connectivity index (χ2v) is 5.36. The highest BCUT2D eigenvalue weighted by Gasteiger charge is 2.15. The van der Waals surface area contributed by atoms with Gasteiger partial charge in [-0.1, -0.05) is 46.9 Å². The Morgan fingerprint density at radius 2 is 1.71 bits per heavy atom. The lowest BCUT2D eigenvalue weighted by Gasteiger charge is -2.11. The molecular weight excluding hydrogens is 335 g/mol. The molecule has 6 heteroatoms. The number of rotatable bonds is 5. The van der Waals surface area contributed by atoms with Gasteiger partial charge in [-0.25, -0.2) is 0 Å². The molecule has 0 atom stereocenters. The third-order valence-corrected chi connectivity index (χ3v) is 3.50. The van der Waals surface area contributed by atoms with Crippen LogP contribution >= 0.6 is 34.8 Å². The normalized spacial score (nSPS) is 10.3. The third kappa shape index (κ3) is 3.82. The highest BCUT2D eigenvalue weighted by atomic mass is 35.5. The van der Waals surface area contributed by atoms with E-state index in [-0.39, 0.29) is 28.2 Å². The first-order valence-electron chi connectivity index (χ1n) is 5.96. The number of Topliss-reactive ketones (excluding diaryl/α,β-unsaturated/α-hetero) is 1. The van der Waals surface area contributed by atoms with Crippen LogP contribution in [0.1, 0.15) is 10.4 Å². The lowest BCUT2D eigenvalue weighted by Crippen LogP contribution is -2.13. The number of halogens is 3. The van der Waals surface area contributed by atoms with Gasteiger partial charge in [0, 0.05) is 5.02 Å². The summed E-state index contributed by atoms with van der Waals surface area (Å²) < 4.78 is 10.5. The van der Waals surface area contributed by atoms with E-state index in [1.165, 1.54) is 19.2 Å². The molecule has 0 bridgehead atoms. The first-order valence-corrected chi connectivity index (χ1v) is 7.10. The van der Waals surface area contributed by atoms with Gasteiger partial charge in [-0.15, -0.1) is 0 Å². The van der Waals surface area contributed by atoms with Crippen LogP contribution in [0.2, 0.25) is 15.1 Å². The zero-order valence-electron chi connectivity index (χ0n) is 11.0. The molecule has 110 valence electrons. The van der Waals surface area contributed by atoms with Crippen molar-refractivity contribution in [1.29, 1.82) is 0 Å². The molecule has 3 nitrogen and oxygen atoms in total. The van der Waals surface area contributed by atoms with Crippen molar-refractivity contribution in [3.8, 4) is 11.5 Å². The number of para-hydroxylation sites is 1. The molecule has 0 N–H and O–H groups in total. The zero-order chi connectivity index (χ0) is 15.4. The number of methoxy groups -OCH3 is 1. The van der Waals surface area contributed by atoms with Crippen LogP contribution in [0.25, 0.3) is 0 Å². The fourth-order valence-corrected chi connectivity index (χ4v) is 2.68. The van der Waals surface area contributed by atoms with E-state index in [1.54, 1.807) is 24.3 Å². The maximum absolute atomic E-state index is 12.2. The van der Waals surface area contributed by atoms with E-state index >= 15 is 0 Å². The Kier molecular flexibility index (Phi) is 5.34. The Morgan fingerprint density at radius 1 is 1.10 bits per heavy atom. The van der Waals surface area contributed by atoms with Crippen molar-refractivity contribution in [1.82, 2.24) is 0 Å². The highest BCUT2D eigenvalue weighted by molar-refractivity contribution is 6.40. The molecule has 2 aromatic rings. The molecule has 2 rings (SSSR count). The van der Waals surface area contributed by atoms with Crippen LogP contribution in [0.15, 0.2) is 36.4 Å². The van der Waals surface area contributed by atoms with Crippen molar-refractivity contribution in [3.63, 3.8) is 0 Å². The number of hydrogen-bond acceptors (Lipinski definition) is 3. The molecule has 0 aromatic heterocycles. The summed E-state index contributed by atoms with van der Waals surface area (Å²) >= 11 is 17.8. The molecule has 0 heterocycles. The largest absolute Gasteiger partial charge is 0.496 e. The van der Waals surface area contributed by atoms with Gasteiger partial charge in [-0.2, -0.15) is 0 Å². The minimum absolute atomic E-state index is 0.207. The van der Waals surface area contributed by atoms with Crippen LogP contribution in [-0.4, -0.2) is 19.5 Å². The van der Waals surface area contributed by atoms with E-state index in [0.29, 0.717) is 16.3 Å². The van der Waals surface area contributed by atoms with E-state index < -0.39 is 0 Å². The molecule has 0 aliphatic rings. The Hall–Kier alpha value is -1.42. The Bertz CT molecular complexity index is 648. The minimum Gasteiger partial charge on any atom is -0.496 e. The molecule has 0 unspecified atom stereocenters. The maximum Gasteiger partial charge on any atom is 0.203 e. The smallest absolute Gasteiger partial charge is 0.203 e. The van der Waals surface area contributed by atoms with Gasteiger partial charge < -0.3 is 9.47 Å². The summed E-state index contributed by atoms with van der Waals surface area (Å²) in [6, 6.07) is 9.89. The predicted octanol–water partition coefficient (Wildman–Crippen LogP) is 4.92. The van der Waals surface area contributed by atoms with Gasteiger partial charge in [0.05, 0.1) is 22.7 Å². The van der Waals surface area contributed by atoms with E-state index in [4.69, 9.17) is 44.3 Å². The van der Waals surface area contributed by atoms with Gasteiger partial charge in [0.2, 0.25) is 5.78 Å². The lowest BCUT2D eigenvalue weighted by atomic mass is 10.1. The fraction of sp³-hybridized carbons (Fsp3) is 0.133. The second kappa shape index (κ2) is 7.03. The number of carbonyl (C=O) groups is 1. The third-order valence-electron chi connectivity index (χ3n) is 2.72. The quantitative estimate of drug-likeness (QED) is 0.722. The van der Waals surface area contributed by atoms with Crippen LogP contribution in [0.5, 0.6) is 11.5 Å². The van der Waals surface area contributed by atoms with Crippen LogP contribution in [0.4, 0.5) is 0 Å². The van der Waals surface area contributed by atoms with Crippen molar-refractivity contribution in [2.24, 2.45) is 0 Å². The molecule has 0 amide bonds. The Morgan fingerprint density at radius 3 is 2.33 bits per heavy atom. The first-order chi connectivity index (χ1) is 10.0. The van der Waals surface area contributed by atoms with Crippen molar-refractivity contribution in [3.05, 3.63) is 57.0 Å². The molecule has 0 aliphatic heterocycles. The lowest BCUT2D eigenvalue weighted by molar-refractivity contribution is 0.0918. The van der Waals surface area contributed by atoms with Gasteiger partial charge in [-0.3, -0.25) is 4.79 Å². The number of ether oxygens (including phenoxy) is 2. The average molecular weight is 346 g/mol. The standard InChI is InChI=1S/C15H11Cl3O3/c1-20-14-5-3-2-4-10(14)13(19)8-21-15-11(17)6-9(16)7-12(15)18/h2-7H,8H2,1H3. The molecule has 2 aromatic carbocycles. The zero-order valence-corrected chi connectivity index (χ0v) is 13.3. The number of ketones is 1. The van der Waals surface area contributed by atoms with Crippen LogP contribution in [0, 0.1) is 0 Å². The molecule has 21 heavy (non-hydrogen) atoms. The van der Waals surface area contributed by atoms with Crippen LogP contribution < -0.4 is 9.47 Å². The van der Waals surface area contributed by atoms with Gasteiger partial charge in [-0.05, 0) is 24.3 Å². The summed E-state index contributed by atoms with van der Waals surface area (Å²) in [5, 5.41) is 0.897. The summed E-state index contributed by atoms with van der Waals surface area (Å²) in [6.07, 6.45) is 0. The highest BCUT2D eigenvalue weighted by Crippen LogP contribution is 2.35. The number of hydrogen-bond donors (Lipinski definition) is 0. The fourth-order valence-electron chi connectivity index (χ4n) is 1.76. The van der Waals surface area contributed by atoms with Gasteiger partial charge >= 0.3 is 0 Å². The molecule has 0 aliphatic carbocycles. The average Bonchev–Trinajstić information content (AvgIpc) is 2.45. The monoisotopic (exact) mass is 344 g/mol.